The summed E-state index contributed by atoms with van der Waals surface area (Å²) in [4.78, 5) is 0. The van der Waals surface area contributed by atoms with E-state index in [2.05, 4.69) is 0 Å². The summed E-state index contributed by atoms with van der Waals surface area (Å²) in [5.41, 5.74) is 0. The fourth-order valence-electron chi connectivity index (χ4n) is 2.71. The minimum atomic E-state index is -3.30. The molecule has 0 saturated carbocycles. The second-order valence-electron chi connectivity index (χ2n) is 5.11. The average Bonchev–Trinajstić information content (AvgIpc) is 2.29. The molecule has 0 aromatic heterocycles. The van der Waals surface area contributed by atoms with Crippen molar-refractivity contribution in [3.05, 3.63) is 0 Å². The zero-order chi connectivity index (χ0) is 12.5. The van der Waals surface area contributed by atoms with Crippen LogP contribution >= 0.6 is 0 Å². The van der Waals surface area contributed by atoms with Crippen LogP contribution in [0.5, 0.6) is 0 Å². The van der Waals surface area contributed by atoms with Gasteiger partial charge in [0, 0.05) is 25.7 Å². The van der Waals surface area contributed by atoms with E-state index in [9.17, 15) is 13.5 Å². The quantitative estimate of drug-likeness (QED) is 0.791. The summed E-state index contributed by atoms with van der Waals surface area (Å²) in [5.74, 6) is 0. The molecule has 17 heavy (non-hydrogen) atoms. The second kappa shape index (κ2) is 5.22. The van der Waals surface area contributed by atoms with Gasteiger partial charge in [0.25, 0.3) is 10.2 Å². The molecule has 2 rings (SSSR count). The van der Waals surface area contributed by atoms with Gasteiger partial charge in [0.15, 0.2) is 0 Å². The van der Waals surface area contributed by atoms with Crippen LogP contribution in [0.4, 0.5) is 0 Å². The van der Waals surface area contributed by atoms with Gasteiger partial charge in [-0.15, -0.1) is 0 Å². The Balaban J connectivity index is 2.08. The Morgan fingerprint density at radius 2 is 1.76 bits per heavy atom. The van der Waals surface area contributed by atoms with Crippen molar-refractivity contribution in [2.75, 3.05) is 19.6 Å². The monoisotopic (exact) mass is 262 g/mol. The smallest absolute Gasteiger partial charge is 0.282 e. The van der Waals surface area contributed by atoms with E-state index in [1.165, 1.54) is 0 Å². The van der Waals surface area contributed by atoms with E-state index in [4.69, 9.17) is 0 Å². The van der Waals surface area contributed by atoms with Gasteiger partial charge in [0.05, 0.1) is 6.10 Å². The molecule has 0 aromatic carbocycles. The Morgan fingerprint density at radius 1 is 1.12 bits per heavy atom. The van der Waals surface area contributed by atoms with Crippen LogP contribution in [0.1, 0.15) is 39.0 Å². The van der Waals surface area contributed by atoms with E-state index in [-0.39, 0.29) is 12.1 Å². The van der Waals surface area contributed by atoms with Crippen LogP contribution in [0, 0.1) is 0 Å². The Bertz CT molecular complexity index is 352. The predicted octanol–water partition coefficient (Wildman–Crippen LogP) is 0.562. The predicted molar refractivity (Wildman–Crippen MR) is 65.8 cm³/mol. The summed E-state index contributed by atoms with van der Waals surface area (Å²) in [5, 5.41) is 9.54. The fourth-order valence-corrected chi connectivity index (χ4v) is 4.61. The molecule has 0 spiro atoms. The Hall–Kier alpha value is -0.170. The summed E-state index contributed by atoms with van der Waals surface area (Å²) in [6, 6.07) is -0.0920. The van der Waals surface area contributed by atoms with Gasteiger partial charge in [0.2, 0.25) is 0 Å². The number of nitrogens with zero attached hydrogens (tertiary/aromatic N) is 2. The number of piperidine rings is 2. The van der Waals surface area contributed by atoms with Crippen LogP contribution in [0.2, 0.25) is 0 Å². The van der Waals surface area contributed by atoms with Crippen molar-refractivity contribution < 1.29 is 13.5 Å². The lowest BCUT2D eigenvalue weighted by molar-refractivity contribution is 0.0832. The number of hydrogen-bond donors (Lipinski definition) is 1. The molecule has 5 nitrogen and oxygen atoms in total. The molecule has 2 fully saturated rings. The van der Waals surface area contributed by atoms with Gasteiger partial charge in [-0.2, -0.15) is 17.0 Å². The molecule has 2 saturated heterocycles. The van der Waals surface area contributed by atoms with E-state index in [1.54, 1.807) is 8.61 Å². The van der Waals surface area contributed by atoms with Crippen molar-refractivity contribution in [3.8, 4) is 0 Å². The third-order valence-corrected chi connectivity index (χ3v) is 5.88. The van der Waals surface area contributed by atoms with Crippen LogP contribution in [0.25, 0.3) is 0 Å². The molecule has 100 valence electrons. The van der Waals surface area contributed by atoms with Gasteiger partial charge in [-0.3, -0.25) is 0 Å². The highest BCUT2D eigenvalue weighted by Crippen LogP contribution is 2.24. The third-order valence-electron chi connectivity index (χ3n) is 3.73. The molecule has 0 unspecified atom stereocenters. The maximum absolute atomic E-state index is 12.4. The van der Waals surface area contributed by atoms with E-state index in [0.717, 1.165) is 19.3 Å². The molecule has 6 heteroatoms. The third kappa shape index (κ3) is 2.81. The summed E-state index contributed by atoms with van der Waals surface area (Å²) < 4.78 is 28.0. The molecular weight excluding hydrogens is 240 g/mol. The topological polar surface area (TPSA) is 60.9 Å². The van der Waals surface area contributed by atoms with Gasteiger partial charge in [-0.05, 0) is 32.6 Å². The molecule has 0 aliphatic carbocycles. The van der Waals surface area contributed by atoms with Crippen LogP contribution in [0.15, 0.2) is 0 Å². The van der Waals surface area contributed by atoms with Crippen LogP contribution < -0.4 is 0 Å². The number of aliphatic hydroxyl groups is 1. The molecule has 2 heterocycles. The highest BCUT2D eigenvalue weighted by molar-refractivity contribution is 7.86. The molecule has 2 atom stereocenters. The first-order valence-corrected chi connectivity index (χ1v) is 7.86. The van der Waals surface area contributed by atoms with E-state index >= 15 is 0 Å². The van der Waals surface area contributed by atoms with Crippen molar-refractivity contribution in [2.45, 2.75) is 51.2 Å². The van der Waals surface area contributed by atoms with Gasteiger partial charge >= 0.3 is 0 Å². The van der Waals surface area contributed by atoms with Crippen LogP contribution in [0.3, 0.4) is 0 Å². The average molecular weight is 262 g/mol. The second-order valence-corrected chi connectivity index (χ2v) is 6.99. The first-order valence-electron chi connectivity index (χ1n) is 6.47. The molecule has 1 N–H and O–H groups in total. The molecule has 0 bridgehead atoms. The lowest BCUT2D eigenvalue weighted by Crippen LogP contribution is -2.52. The van der Waals surface area contributed by atoms with Crippen molar-refractivity contribution in [3.63, 3.8) is 0 Å². The maximum atomic E-state index is 12.4. The Kier molecular flexibility index (Phi) is 4.07. The van der Waals surface area contributed by atoms with Crippen LogP contribution in [-0.4, -0.2) is 53.9 Å². The molecule has 2 aliphatic rings. The largest absolute Gasteiger partial charge is 0.393 e. The molecule has 2 aliphatic heterocycles. The SMILES string of the molecule is C[C@H]1C[C@@H](O)CCN1S(=O)(=O)N1CCCCC1. The van der Waals surface area contributed by atoms with Gasteiger partial charge in [-0.1, -0.05) is 6.42 Å². The number of rotatable bonds is 2. The summed E-state index contributed by atoms with van der Waals surface area (Å²) in [6.45, 7) is 3.62. The molecule has 0 aromatic rings. The van der Waals surface area contributed by atoms with Gasteiger partial charge in [0.1, 0.15) is 0 Å². The van der Waals surface area contributed by atoms with E-state index in [1.807, 2.05) is 6.92 Å². The number of aliphatic hydroxyl groups excluding tert-OH is 1. The summed E-state index contributed by atoms with van der Waals surface area (Å²) in [7, 11) is -3.30. The lowest BCUT2D eigenvalue weighted by Gasteiger charge is -2.39. The molecule has 0 amide bonds. The highest BCUT2D eigenvalue weighted by Gasteiger charge is 2.36. The van der Waals surface area contributed by atoms with E-state index in [0.29, 0.717) is 32.5 Å². The Labute approximate surface area is 104 Å². The first-order chi connectivity index (χ1) is 8.01. The maximum Gasteiger partial charge on any atom is 0.282 e. The van der Waals surface area contributed by atoms with Crippen molar-refractivity contribution in [1.82, 2.24) is 8.61 Å². The Morgan fingerprint density at radius 3 is 2.35 bits per heavy atom. The minimum absolute atomic E-state index is 0.0920. The summed E-state index contributed by atoms with van der Waals surface area (Å²) >= 11 is 0. The first kappa shape index (κ1) is 13.3. The van der Waals surface area contributed by atoms with Gasteiger partial charge < -0.3 is 5.11 Å². The normalized spacial score (nSPS) is 33.8. The molecular formula is C11H22N2O3S. The van der Waals surface area contributed by atoms with Crippen LogP contribution in [-0.2, 0) is 10.2 Å². The lowest BCUT2D eigenvalue weighted by atomic mass is 10.0. The zero-order valence-corrected chi connectivity index (χ0v) is 11.2. The van der Waals surface area contributed by atoms with Crippen molar-refractivity contribution in [1.29, 1.82) is 0 Å². The standard InChI is InChI=1S/C11H22N2O3S/c1-10-9-11(14)5-8-13(10)17(15,16)12-6-3-2-4-7-12/h10-11,14H,2-9H2,1H3/t10-,11-/m0/s1. The number of hydrogen-bond acceptors (Lipinski definition) is 3. The summed E-state index contributed by atoms with van der Waals surface area (Å²) in [6.07, 6.45) is 3.80. The van der Waals surface area contributed by atoms with Gasteiger partial charge in [-0.25, -0.2) is 0 Å². The van der Waals surface area contributed by atoms with E-state index < -0.39 is 10.2 Å². The minimum Gasteiger partial charge on any atom is -0.393 e. The fraction of sp³-hybridized carbons (Fsp3) is 1.00. The van der Waals surface area contributed by atoms with Crippen molar-refractivity contribution >= 4 is 10.2 Å². The molecule has 0 radical (unpaired) electrons. The highest BCUT2D eigenvalue weighted by atomic mass is 32.2. The van der Waals surface area contributed by atoms with Crippen molar-refractivity contribution in [2.24, 2.45) is 0 Å². The zero-order valence-electron chi connectivity index (χ0n) is 10.4.